The second-order valence-electron chi connectivity index (χ2n) is 4.89. The van der Waals surface area contributed by atoms with Crippen molar-refractivity contribution in [2.75, 3.05) is 13.1 Å². The highest BCUT2D eigenvalue weighted by atomic mass is 16.1. The summed E-state index contributed by atoms with van der Waals surface area (Å²) in [6.07, 6.45) is 8.22. The summed E-state index contributed by atoms with van der Waals surface area (Å²) in [6.45, 7) is 4.61. The van der Waals surface area contributed by atoms with Crippen LogP contribution in [0.3, 0.4) is 0 Å². The number of pyridine rings is 1. The Morgan fingerprint density at radius 3 is 3.00 bits per heavy atom. The maximum atomic E-state index is 11.1. The van der Waals surface area contributed by atoms with Crippen LogP contribution >= 0.6 is 0 Å². The van der Waals surface area contributed by atoms with Gasteiger partial charge >= 0.3 is 0 Å². The van der Waals surface area contributed by atoms with Crippen molar-refractivity contribution in [2.45, 2.75) is 45.1 Å². The van der Waals surface area contributed by atoms with Gasteiger partial charge < -0.3 is 4.98 Å². The van der Waals surface area contributed by atoms with Gasteiger partial charge in [0.2, 0.25) is 5.56 Å². The first-order valence-corrected chi connectivity index (χ1v) is 6.74. The van der Waals surface area contributed by atoms with Gasteiger partial charge in [-0.05, 0) is 37.9 Å². The maximum Gasteiger partial charge on any atom is 0.247 e. The van der Waals surface area contributed by atoms with Gasteiger partial charge in [-0.3, -0.25) is 9.69 Å². The van der Waals surface area contributed by atoms with Crippen LogP contribution in [0.4, 0.5) is 0 Å². The SMILES string of the molecule is CCCCN1CCCCC1c1ccc(=O)[nH]c1. The van der Waals surface area contributed by atoms with Crippen molar-refractivity contribution in [3.05, 3.63) is 34.2 Å². The number of H-pyrrole nitrogens is 1. The minimum Gasteiger partial charge on any atom is -0.329 e. The molecule has 94 valence electrons. The molecule has 1 saturated heterocycles. The normalized spacial score (nSPS) is 21.6. The number of piperidine rings is 1. The molecular formula is C14H22N2O. The molecule has 3 nitrogen and oxygen atoms in total. The molecule has 0 aromatic carbocycles. The Morgan fingerprint density at radius 2 is 2.29 bits per heavy atom. The molecule has 0 aliphatic carbocycles. The Balaban J connectivity index is 2.09. The second-order valence-corrected chi connectivity index (χ2v) is 4.89. The van der Waals surface area contributed by atoms with Crippen LogP contribution < -0.4 is 5.56 Å². The highest BCUT2D eigenvalue weighted by molar-refractivity contribution is 5.14. The van der Waals surface area contributed by atoms with Crippen molar-refractivity contribution >= 4 is 0 Å². The number of hydrogen-bond acceptors (Lipinski definition) is 2. The minimum absolute atomic E-state index is 0.00957. The lowest BCUT2D eigenvalue weighted by Gasteiger charge is -2.35. The number of nitrogens with one attached hydrogen (secondary N) is 1. The molecule has 0 amide bonds. The Hall–Kier alpha value is -1.09. The van der Waals surface area contributed by atoms with Crippen LogP contribution in [-0.4, -0.2) is 23.0 Å². The maximum absolute atomic E-state index is 11.1. The Morgan fingerprint density at radius 1 is 1.41 bits per heavy atom. The van der Waals surface area contributed by atoms with E-state index < -0.39 is 0 Å². The number of aromatic amines is 1. The van der Waals surface area contributed by atoms with Crippen molar-refractivity contribution in [2.24, 2.45) is 0 Å². The predicted molar refractivity (Wildman–Crippen MR) is 70.1 cm³/mol. The topological polar surface area (TPSA) is 36.1 Å². The van der Waals surface area contributed by atoms with E-state index in [-0.39, 0.29) is 5.56 Å². The molecule has 2 heterocycles. The molecule has 3 heteroatoms. The average molecular weight is 234 g/mol. The first kappa shape index (κ1) is 12.4. The second kappa shape index (κ2) is 6.01. The zero-order chi connectivity index (χ0) is 12.1. The molecule has 1 atom stereocenters. The van der Waals surface area contributed by atoms with E-state index in [1.807, 2.05) is 12.3 Å². The number of nitrogens with zero attached hydrogens (tertiary/aromatic N) is 1. The van der Waals surface area contributed by atoms with Crippen molar-refractivity contribution < 1.29 is 0 Å². The van der Waals surface area contributed by atoms with Gasteiger partial charge in [0.1, 0.15) is 0 Å². The third-order valence-corrected chi connectivity index (χ3v) is 3.61. The molecule has 1 aromatic heterocycles. The first-order valence-electron chi connectivity index (χ1n) is 6.74. The first-order chi connectivity index (χ1) is 8.31. The number of likely N-dealkylation sites (tertiary alicyclic amines) is 1. The molecule has 17 heavy (non-hydrogen) atoms. The van der Waals surface area contributed by atoms with Crippen molar-refractivity contribution in [3.63, 3.8) is 0 Å². The van der Waals surface area contributed by atoms with Gasteiger partial charge in [-0.25, -0.2) is 0 Å². The molecule has 0 bridgehead atoms. The molecule has 2 rings (SSSR count). The van der Waals surface area contributed by atoms with E-state index in [1.54, 1.807) is 6.07 Å². The molecule has 1 aromatic rings. The lowest BCUT2D eigenvalue weighted by molar-refractivity contribution is 0.146. The van der Waals surface area contributed by atoms with Crippen molar-refractivity contribution in [1.82, 2.24) is 9.88 Å². The van der Waals surface area contributed by atoms with Crippen LogP contribution in [0, 0.1) is 0 Å². The molecule has 0 spiro atoms. The summed E-state index contributed by atoms with van der Waals surface area (Å²) >= 11 is 0. The summed E-state index contributed by atoms with van der Waals surface area (Å²) in [4.78, 5) is 16.5. The lowest BCUT2D eigenvalue weighted by atomic mass is 9.96. The highest BCUT2D eigenvalue weighted by Gasteiger charge is 2.23. The molecule has 0 radical (unpaired) electrons. The zero-order valence-electron chi connectivity index (χ0n) is 10.6. The summed E-state index contributed by atoms with van der Waals surface area (Å²) in [5, 5.41) is 0. The van der Waals surface area contributed by atoms with Gasteiger partial charge in [0.25, 0.3) is 0 Å². The molecule has 1 aliphatic rings. The third-order valence-electron chi connectivity index (χ3n) is 3.61. The van der Waals surface area contributed by atoms with Crippen molar-refractivity contribution in [1.29, 1.82) is 0 Å². The van der Waals surface area contributed by atoms with E-state index in [4.69, 9.17) is 0 Å². The summed E-state index contributed by atoms with van der Waals surface area (Å²) in [7, 11) is 0. The molecule has 0 saturated carbocycles. The predicted octanol–water partition coefficient (Wildman–Crippen LogP) is 2.70. The zero-order valence-corrected chi connectivity index (χ0v) is 10.6. The molecule has 1 aliphatic heterocycles. The van der Waals surface area contributed by atoms with E-state index in [9.17, 15) is 4.79 Å². The van der Waals surface area contributed by atoms with Crippen LogP contribution in [-0.2, 0) is 0 Å². The molecule has 1 unspecified atom stereocenters. The number of rotatable bonds is 4. The van der Waals surface area contributed by atoms with E-state index in [0.717, 1.165) is 0 Å². The van der Waals surface area contributed by atoms with Gasteiger partial charge in [-0.15, -0.1) is 0 Å². The number of aromatic nitrogens is 1. The fraction of sp³-hybridized carbons (Fsp3) is 0.643. The van der Waals surface area contributed by atoms with Gasteiger partial charge in [0.05, 0.1) is 0 Å². The number of hydrogen-bond donors (Lipinski definition) is 1. The minimum atomic E-state index is -0.00957. The Kier molecular flexibility index (Phi) is 4.37. The smallest absolute Gasteiger partial charge is 0.247 e. The van der Waals surface area contributed by atoms with Crippen LogP contribution in [0.15, 0.2) is 23.1 Å². The molecular weight excluding hydrogens is 212 g/mol. The summed E-state index contributed by atoms with van der Waals surface area (Å²) in [5.41, 5.74) is 1.25. The Labute approximate surface area is 103 Å². The van der Waals surface area contributed by atoms with Gasteiger partial charge in [-0.2, -0.15) is 0 Å². The largest absolute Gasteiger partial charge is 0.329 e. The quantitative estimate of drug-likeness (QED) is 0.869. The Bertz CT molecular complexity index is 379. The molecule has 1 fully saturated rings. The summed E-state index contributed by atoms with van der Waals surface area (Å²) in [6, 6.07) is 4.13. The van der Waals surface area contributed by atoms with E-state index in [1.165, 1.54) is 50.8 Å². The summed E-state index contributed by atoms with van der Waals surface area (Å²) in [5.74, 6) is 0. The summed E-state index contributed by atoms with van der Waals surface area (Å²) < 4.78 is 0. The lowest BCUT2D eigenvalue weighted by Crippen LogP contribution is -2.34. The number of unbranched alkanes of at least 4 members (excludes halogenated alkanes) is 1. The van der Waals surface area contributed by atoms with Gasteiger partial charge in [-0.1, -0.05) is 25.8 Å². The van der Waals surface area contributed by atoms with E-state index in [0.29, 0.717) is 6.04 Å². The van der Waals surface area contributed by atoms with Crippen LogP contribution in [0.5, 0.6) is 0 Å². The third kappa shape index (κ3) is 3.19. The van der Waals surface area contributed by atoms with Crippen LogP contribution in [0.25, 0.3) is 0 Å². The fourth-order valence-electron chi connectivity index (χ4n) is 2.63. The molecule has 1 N–H and O–H groups in total. The monoisotopic (exact) mass is 234 g/mol. The van der Waals surface area contributed by atoms with Gasteiger partial charge in [0.15, 0.2) is 0 Å². The van der Waals surface area contributed by atoms with Gasteiger partial charge in [0, 0.05) is 18.3 Å². The highest BCUT2D eigenvalue weighted by Crippen LogP contribution is 2.30. The average Bonchev–Trinajstić information content (AvgIpc) is 2.38. The standard InChI is InChI=1S/C14H22N2O/c1-2-3-9-16-10-5-4-6-13(16)12-7-8-14(17)15-11-12/h7-8,11,13H,2-6,9-10H2,1H3,(H,15,17). The fourth-order valence-corrected chi connectivity index (χ4v) is 2.63. The van der Waals surface area contributed by atoms with E-state index >= 15 is 0 Å². The van der Waals surface area contributed by atoms with E-state index in [2.05, 4.69) is 16.8 Å². The van der Waals surface area contributed by atoms with Crippen LogP contribution in [0.1, 0.15) is 50.6 Å². The van der Waals surface area contributed by atoms with Crippen LogP contribution in [0.2, 0.25) is 0 Å². The van der Waals surface area contributed by atoms with Crippen molar-refractivity contribution in [3.8, 4) is 0 Å².